The summed E-state index contributed by atoms with van der Waals surface area (Å²) in [5.74, 6) is 0. The summed E-state index contributed by atoms with van der Waals surface area (Å²) < 4.78 is 0. The molecule has 13 heavy (non-hydrogen) atoms. The lowest BCUT2D eigenvalue weighted by molar-refractivity contribution is 0.147. The van der Waals surface area contributed by atoms with Gasteiger partial charge in [0, 0.05) is 37.3 Å². The molecule has 1 saturated heterocycles. The van der Waals surface area contributed by atoms with E-state index in [1.807, 2.05) is 6.08 Å². The van der Waals surface area contributed by atoms with Gasteiger partial charge in [-0.05, 0) is 13.3 Å². The van der Waals surface area contributed by atoms with E-state index in [9.17, 15) is 0 Å². The average molecular weight is 203 g/mol. The summed E-state index contributed by atoms with van der Waals surface area (Å²) in [6, 6.07) is 1.27. The largest absolute Gasteiger partial charge is 0.311 e. The van der Waals surface area contributed by atoms with Gasteiger partial charge in [0.15, 0.2) is 0 Å². The minimum absolute atomic E-state index is 0.603. The maximum absolute atomic E-state index is 5.53. The third-order valence-corrected chi connectivity index (χ3v) is 2.81. The summed E-state index contributed by atoms with van der Waals surface area (Å²) in [6.45, 7) is 7.67. The van der Waals surface area contributed by atoms with Crippen LogP contribution in [-0.2, 0) is 0 Å². The van der Waals surface area contributed by atoms with Crippen molar-refractivity contribution in [2.75, 3.05) is 19.6 Å². The number of hydrogen-bond donors (Lipinski definition) is 1. The number of nitrogens with zero attached hydrogens (tertiary/aromatic N) is 1. The van der Waals surface area contributed by atoms with Crippen LogP contribution in [0.3, 0.4) is 0 Å². The lowest BCUT2D eigenvalue weighted by Gasteiger charge is -2.38. The van der Waals surface area contributed by atoms with Crippen LogP contribution >= 0.6 is 11.6 Å². The third-order valence-electron chi connectivity index (χ3n) is 2.63. The Morgan fingerprint density at radius 3 is 3.00 bits per heavy atom. The Morgan fingerprint density at radius 1 is 1.62 bits per heavy atom. The first-order valence-electron chi connectivity index (χ1n) is 5.00. The molecule has 0 radical (unpaired) electrons. The summed E-state index contributed by atoms with van der Waals surface area (Å²) >= 11 is 5.53. The Morgan fingerprint density at radius 2 is 2.38 bits per heavy atom. The molecule has 2 unspecified atom stereocenters. The molecule has 1 aliphatic heterocycles. The first-order valence-corrected chi connectivity index (χ1v) is 5.44. The second-order valence-corrected chi connectivity index (χ2v) is 3.94. The summed E-state index contributed by atoms with van der Waals surface area (Å²) in [4.78, 5) is 2.49. The van der Waals surface area contributed by atoms with Crippen LogP contribution in [0.15, 0.2) is 11.6 Å². The molecule has 1 heterocycles. The zero-order valence-electron chi connectivity index (χ0n) is 8.46. The average Bonchev–Trinajstić information content (AvgIpc) is 2.15. The van der Waals surface area contributed by atoms with E-state index in [4.69, 9.17) is 11.6 Å². The van der Waals surface area contributed by atoms with Gasteiger partial charge < -0.3 is 5.32 Å². The Balaban J connectivity index is 2.44. The molecule has 0 saturated carbocycles. The molecular formula is C10H19ClN2. The molecule has 0 amide bonds. The number of piperazine rings is 1. The minimum Gasteiger partial charge on any atom is -0.311 e. The molecule has 0 bridgehead atoms. The van der Waals surface area contributed by atoms with Crippen molar-refractivity contribution in [3.8, 4) is 0 Å². The predicted molar refractivity (Wildman–Crippen MR) is 58.1 cm³/mol. The summed E-state index contributed by atoms with van der Waals surface area (Å²) in [6.07, 6.45) is 3.22. The molecule has 0 aromatic rings. The van der Waals surface area contributed by atoms with E-state index >= 15 is 0 Å². The summed E-state index contributed by atoms with van der Waals surface area (Å²) in [5.41, 5.74) is 1.61. The first kappa shape index (κ1) is 11.0. The number of halogens is 1. The Labute approximate surface area is 85.9 Å². The molecule has 0 spiro atoms. The van der Waals surface area contributed by atoms with Crippen molar-refractivity contribution < 1.29 is 0 Å². The highest BCUT2D eigenvalue weighted by molar-refractivity contribution is 6.25. The number of hydrogen-bond acceptors (Lipinski definition) is 2. The molecule has 1 aliphatic rings. The van der Waals surface area contributed by atoms with Crippen LogP contribution in [-0.4, -0.2) is 36.6 Å². The standard InChI is InChI=1S/C10H19ClN2/c1-3-10-7-12-9(2)8-13(10)6-4-5-11/h4-5,9-10,12H,3,6-8H2,1-2H3/b5-4+. The minimum atomic E-state index is 0.603. The van der Waals surface area contributed by atoms with Gasteiger partial charge in [0.2, 0.25) is 0 Å². The van der Waals surface area contributed by atoms with E-state index in [1.54, 1.807) is 5.54 Å². The Hall–Kier alpha value is -0.0500. The van der Waals surface area contributed by atoms with Crippen LogP contribution in [0, 0.1) is 0 Å². The zero-order chi connectivity index (χ0) is 9.68. The van der Waals surface area contributed by atoms with Gasteiger partial charge in [0.05, 0.1) is 0 Å². The van der Waals surface area contributed by atoms with Gasteiger partial charge in [-0.1, -0.05) is 24.6 Å². The van der Waals surface area contributed by atoms with E-state index in [2.05, 4.69) is 24.1 Å². The van der Waals surface area contributed by atoms with Gasteiger partial charge in [-0.25, -0.2) is 0 Å². The molecule has 2 atom stereocenters. The topological polar surface area (TPSA) is 15.3 Å². The van der Waals surface area contributed by atoms with Gasteiger partial charge in [-0.2, -0.15) is 0 Å². The fraction of sp³-hybridized carbons (Fsp3) is 0.800. The molecule has 1 rings (SSSR count). The first-order chi connectivity index (χ1) is 6.27. The fourth-order valence-corrected chi connectivity index (χ4v) is 1.91. The fourth-order valence-electron chi connectivity index (χ4n) is 1.83. The highest BCUT2D eigenvalue weighted by atomic mass is 35.5. The smallest absolute Gasteiger partial charge is 0.0222 e. The van der Waals surface area contributed by atoms with E-state index < -0.39 is 0 Å². The van der Waals surface area contributed by atoms with Crippen LogP contribution in [0.4, 0.5) is 0 Å². The summed E-state index contributed by atoms with van der Waals surface area (Å²) in [5, 5.41) is 3.49. The van der Waals surface area contributed by atoms with Crippen LogP contribution in [0.25, 0.3) is 0 Å². The lowest BCUT2D eigenvalue weighted by Crippen LogP contribution is -2.55. The van der Waals surface area contributed by atoms with Crippen LogP contribution < -0.4 is 5.32 Å². The van der Waals surface area contributed by atoms with Gasteiger partial charge >= 0.3 is 0 Å². The molecule has 0 aromatic heterocycles. The summed E-state index contributed by atoms with van der Waals surface area (Å²) in [7, 11) is 0. The number of nitrogens with one attached hydrogen (secondary N) is 1. The predicted octanol–water partition coefficient (Wildman–Crippen LogP) is 1.81. The molecule has 2 nitrogen and oxygen atoms in total. The second-order valence-electron chi connectivity index (χ2n) is 3.69. The molecule has 0 aromatic carbocycles. The SMILES string of the molecule is CCC1CNC(C)CN1C/C=C/Cl. The molecule has 0 aliphatic carbocycles. The molecule has 1 N–H and O–H groups in total. The maximum atomic E-state index is 5.53. The van der Waals surface area contributed by atoms with Crippen molar-refractivity contribution in [1.82, 2.24) is 10.2 Å². The molecule has 76 valence electrons. The number of rotatable bonds is 3. The lowest BCUT2D eigenvalue weighted by atomic mass is 10.1. The van der Waals surface area contributed by atoms with Crippen molar-refractivity contribution in [2.24, 2.45) is 0 Å². The monoisotopic (exact) mass is 202 g/mol. The van der Waals surface area contributed by atoms with E-state index in [0.717, 1.165) is 19.6 Å². The van der Waals surface area contributed by atoms with Crippen molar-refractivity contribution in [3.05, 3.63) is 11.6 Å². The van der Waals surface area contributed by atoms with Gasteiger partial charge in [0.1, 0.15) is 0 Å². The highest BCUT2D eigenvalue weighted by Gasteiger charge is 2.22. The Kier molecular flexibility index (Phi) is 4.78. The maximum Gasteiger partial charge on any atom is 0.0222 e. The zero-order valence-corrected chi connectivity index (χ0v) is 9.22. The van der Waals surface area contributed by atoms with Gasteiger partial charge in [-0.3, -0.25) is 4.90 Å². The van der Waals surface area contributed by atoms with Gasteiger partial charge in [-0.15, -0.1) is 0 Å². The van der Waals surface area contributed by atoms with Crippen molar-refractivity contribution >= 4 is 11.6 Å². The second kappa shape index (κ2) is 5.63. The van der Waals surface area contributed by atoms with E-state index in [-0.39, 0.29) is 0 Å². The Bertz CT molecular complexity index is 170. The normalized spacial score (nSPS) is 31.3. The van der Waals surface area contributed by atoms with Crippen molar-refractivity contribution in [3.63, 3.8) is 0 Å². The quantitative estimate of drug-likeness (QED) is 0.751. The van der Waals surface area contributed by atoms with Crippen LogP contribution in [0.2, 0.25) is 0 Å². The highest BCUT2D eigenvalue weighted by Crippen LogP contribution is 2.09. The van der Waals surface area contributed by atoms with Crippen LogP contribution in [0.5, 0.6) is 0 Å². The van der Waals surface area contributed by atoms with Gasteiger partial charge in [0.25, 0.3) is 0 Å². The van der Waals surface area contributed by atoms with Crippen molar-refractivity contribution in [2.45, 2.75) is 32.4 Å². The third kappa shape index (κ3) is 3.29. The molecule has 1 fully saturated rings. The van der Waals surface area contributed by atoms with Crippen LogP contribution in [0.1, 0.15) is 20.3 Å². The van der Waals surface area contributed by atoms with E-state index in [1.165, 1.54) is 6.42 Å². The van der Waals surface area contributed by atoms with Crippen molar-refractivity contribution in [1.29, 1.82) is 0 Å². The molecular weight excluding hydrogens is 184 g/mol. The molecule has 3 heteroatoms. The van der Waals surface area contributed by atoms with E-state index in [0.29, 0.717) is 12.1 Å².